The van der Waals surface area contributed by atoms with E-state index in [9.17, 15) is 9.90 Å². The van der Waals surface area contributed by atoms with Crippen LogP contribution in [0, 0.1) is 11.8 Å². The molecule has 1 heterocycles. The highest BCUT2D eigenvalue weighted by atomic mass is 35.5. The number of rotatable bonds is 6. The van der Waals surface area contributed by atoms with E-state index in [4.69, 9.17) is 15.8 Å². The first-order valence-electron chi connectivity index (χ1n) is 9.06. The van der Waals surface area contributed by atoms with Crippen LogP contribution in [0.5, 0.6) is 0 Å². The summed E-state index contributed by atoms with van der Waals surface area (Å²) in [5.41, 5.74) is 7.76. The molecule has 3 atom stereocenters. The monoisotopic (exact) mass is 418 g/mol. The lowest BCUT2D eigenvalue weighted by molar-refractivity contribution is -0.148. The van der Waals surface area contributed by atoms with Gasteiger partial charge in [0.25, 0.3) is 0 Å². The number of nitrogens with zero attached hydrogens (tertiary/aromatic N) is 1. The number of carbonyl (C=O) groups is 1. The molecular formula is C18H29BCl2N2O4. The molecule has 2 aliphatic rings. The van der Waals surface area contributed by atoms with E-state index in [1.807, 2.05) is 12.1 Å². The Balaban J connectivity index is 0.00000182. The van der Waals surface area contributed by atoms with Crippen LogP contribution in [-0.4, -0.2) is 45.2 Å². The van der Waals surface area contributed by atoms with Gasteiger partial charge >= 0.3 is 13.1 Å². The van der Waals surface area contributed by atoms with Gasteiger partial charge in [-0.05, 0) is 42.6 Å². The van der Waals surface area contributed by atoms with Crippen LogP contribution in [0.2, 0.25) is 6.32 Å². The summed E-state index contributed by atoms with van der Waals surface area (Å²) in [6.07, 6.45) is 2.94. The fourth-order valence-electron chi connectivity index (χ4n) is 4.43. The van der Waals surface area contributed by atoms with Crippen molar-refractivity contribution in [3.05, 3.63) is 35.4 Å². The minimum atomic E-state index is -1.34. The van der Waals surface area contributed by atoms with Crippen molar-refractivity contribution in [2.75, 3.05) is 6.54 Å². The second kappa shape index (κ2) is 10.1. The summed E-state index contributed by atoms with van der Waals surface area (Å²) >= 11 is 0. The molecule has 9 heteroatoms. The van der Waals surface area contributed by atoms with Crippen molar-refractivity contribution in [2.24, 2.45) is 17.6 Å². The van der Waals surface area contributed by atoms with Crippen LogP contribution < -0.4 is 5.73 Å². The molecule has 3 rings (SSSR count). The summed E-state index contributed by atoms with van der Waals surface area (Å²) in [5, 5.41) is 27.9. The Morgan fingerprint density at radius 1 is 1.19 bits per heavy atom. The van der Waals surface area contributed by atoms with Gasteiger partial charge < -0.3 is 20.9 Å². The number of fused-ring (bicyclic) bond motifs is 1. The Hall–Kier alpha value is -0.825. The van der Waals surface area contributed by atoms with E-state index < -0.39 is 18.6 Å². The third-order valence-corrected chi connectivity index (χ3v) is 5.89. The zero-order valence-corrected chi connectivity index (χ0v) is 16.9. The smallest absolute Gasteiger partial charge is 0.451 e. The van der Waals surface area contributed by atoms with E-state index in [-0.39, 0.29) is 43.0 Å². The highest BCUT2D eigenvalue weighted by Gasteiger charge is 2.47. The number of hydrogen-bond acceptors (Lipinski definition) is 5. The molecule has 1 aliphatic heterocycles. The maximum absolute atomic E-state index is 11.9. The normalized spacial score (nSPS) is 27.2. The predicted molar refractivity (Wildman–Crippen MR) is 110 cm³/mol. The van der Waals surface area contributed by atoms with Gasteiger partial charge in [-0.3, -0.25) is 9.69 Å². The Morgan fingerprint density at radius 3 is 2.30 bits per heavy atom. The van der Waals surface area contributed by atoms with Crippen molar-refractivity contribution in [1.29, 1.82) is 0 Å². The number of hydrogen-bond donors (Lipinski definition) is 4. The lowest BCUT2D eigenvalue weighted by Crippen LogP contribution is -2.59. The maximum Gasteiger partial charge on any atom is 0.451 e. The lowest BCUT2D eigenvalue weighted by Gasteiger charge is -2.43. The van der Waals surface area contributed by atoms with Crippen LogP contribution >= 0.6 is 24.8 Å². The minimum absolute atomic E-state index is 0. The molecule has 27 heavy (non-hydrogen) atoms. The number of halogens is 2. The molecule has 0 radical (unpaired) electrons. The molecule has 1 aromatic rings. The molecule has 1 aliphatic carbocycles. The van der Waals surface area contributed by atoms with Crippen LogP contribution in [-0.2, 0) is 17.9 Å². The molecule has 1 aromatic carbocycles. The summed E-state index contributed by atoms with van der Waals surface area (Å²) in [5.74, 6) is -0.895. The van der Waals surface area contributed by atoms with Crippen LogP contribution in [0.1, 0.15) is 36.8 Å². The van der Waals surface area contributed by atoms with Crippen molar-refractivity contribution in [2.45, 2.75) is 50.6 Å². The Bertz CT molecular complexity index is 612. The quantitative estimate of drug-likeness (QED) is 0.525. The van der Waals surface area contributed by atoms with E-state index in [2.05, 4.69) is 17.0 Å². The third-order valence-electron chi connectivity index (χ3n) is 5.89. The largest absolute Gasteiger partial charge is 0.480 e. The van der Waals surface area contributed by atoms with Gasteiger partial charge in [-0.25, -0.2) is 0 Å². The summed E-state index contributed by atoms with van der Waals surface area (Å²) in [6.45, 7) is 2.39. The summed E-state index contributed by atoms with van der Waals surface area (Å²) in [4.78, 5) is 14.2. The molecule has 5 N–H and O–H groups in total. The third kappa shape index (κ3) is 5.59. The molecule has 0 aromatic heterocycles. The topological polar surface area (TPSA) is 107 Å². The second-order valence-corrected chi connectivity index (χ2v) is 7.69. The average molecular weight is 419 g/mol. The zero-order valence-electron chi connectivity index (χ0n) is 15.3. The predicted octanol–water partition coefficient (Wildman–Crippen LogP) is 1.91. The van der Waals surface area contributed by atoms with E-state index in [0.29, 0.717) is 19.4 Å². The van der Waals surface area contributed by atoms with E-state index in [1.165, 1.54) is 11.1 Å². The fourth-order valence-corrected chi connectivity index (χ4v) is 4.43. The fraction of sp³-hybridized carbons (Fsp3) is 0.611. The van der Waals surface area contributed by atoms with Gasteiger partial charge in [0, 0.05) is 25.6 Å². The van der Waals surface area contributed by atoms with Gasteiger partial charge in [0.15, 0.2) is 0 Å². The summed E-state index contributed by atoms with van der Waals surface area (Å²) in [7, 11) is -1.34. The van der Waals surface area contributed by atoms with Crippen LogP contribution in [0.3, 0.4) is 0 Å². The van der Waals surface area contributed by atoms with Gasteiger partial charge in [-0.15, -0.1) is 24.8 Å². The highest BCUT2D eigenvalue weighted by Crippen LogP contribution is 2.39. The van der Waals surface area contributed by atoms with Gasteiger partial charge in [-0.2, -0.15) is 0 Å². The number of carboxylic acid groups (broad SMARTS) is 1. The Kier molecular flexibility index (Phi) is 9.05. The first-order chi connectivity index (χ1) is 11.9. The average Bonchev–Trinajstić information content (AvgIpc) is 2.97. The second-order valence-electron chi connectivity index (χ2n) is 7.69. The molecule has 1 fully saturated rings. The molecule has 0 saturated heterocycles. The van der Waals surface area contributed by atoms with E-state index >= 15 is 0 Å². The first kappa shape index (κ1) is 24.2. The molecule has 3 unspecified atom stereocenters. The van der Waals surface area contributed by atoms with Crippen molar-refractivity contribution >= 4 is 37.9 Å². The van der Waals surface area contributed by atoms with Gasteiger partial charge in [0.2, 0.25) is 0 Å². The molecule has 152 valence electrons. The minimum Gasteiger partial charge on any atom is -0.480 e. The van der Waals surface area contributed by atoms with Crippen molar-refractivity contribution in [1.82, 2.24) is 4.90 Å². The van der Waals surface area contributed by atoms with E-state index in [1.54, 1.807) is 0 Å². The number of benzene rings is 1. The number of nitrogens with two attached hydrogens (primary N) is 1. The SMILES string of the molecule is Cl.Cl.NC1(C(=O)O)CC(CCB(O)O)CCC1CN1Cc2ccccc2C1. The number of carboxylic acids is 1. The molecule has 0 bridgehead atoms. The first-order valence-corrected chi connectivity index (χ1v) is 9.06. The van der Waals surface area contributed by atoms with Crippen LogP contribution in [0.4, 0.5) is 0 Å². The molecule has 0 amide bonds. The van der Waals surface area contributed by atoms with Crippen molar-refractivity contribution < 1.29 is 19.9 Å². The van der Waals surface area contributed by atoms with Crippen molar-refractivity contribution in [3.8, 4) is 0 Å². The molecule has 0 spiro atoms. The van der Waals surface area contributed by atoms with Gasteiger partial charge in [-0.1, -0.05) is 30.7 Å². The molecular weight excluding hydrogens is 390 g/mol. The van der Waals surface area contributed by atoms with Crippen molar-refractivity contribution in [3.63, 3.8) is 0 Å². The number of aliphatic carboxylic acids is 1. The maximum atomic E-state index is 11.9. The Labute approximate surface area is 173 Å². The summed E-state index contributed by atoms with van der Waals surface area (Å²) < 4.78 is 0. The highest BCUT2D eigenvalue weighted by molar-refractivity contribution is 6.40. The molecule has 6 nitrogen and oxygen atoms in total. The van der Waals surface area contributed by atoms with Gasteiger partial charge in [0.05, 0.1) is 0 Å². The lowest BCUT2D eigenvalue weighted by atomic mass is 9.66. The molecule has 1 saturated carbocycles. The Morgan fingerprint density at radius 2 is 1.78 bits per heavy atom. The van der Waals surface area contributed by atoms with E-state index in [0.717, 1.165) is 25.9 Å². The summed E-state index contributed by atoms with van der Waals surface area (Å²) in [6, 6.07) is 8.32. The van der Waals surface area contributed by atoms with Crippen LogP contribution in [0.25, 0.3) is 0 Å². The van der Waals surface area contributed by atoms with Gasteiger partial charge in [0.1, 0.15) is 5.54 Å². The zero-order chi connectivity index (χ0) is 18.0. The van der Waals surface area contributed by atoms with Crippen LogP contribution in [0.15, 0.2) is 24.3 Å². The standard InChI is InChI=1S/C18H27BN2O4.2ClH/c20-18(17(22)23)9-13(7-8-19(24)25)5-6-16(18)12-21-10-14-3-1-2-4-15(14)11-21;;/h1-4,13,16,24-25H,5-12,20H2,(H,22,23);2*1H.